The molecule has 8 nitrogen and oxygen atoms in total. The minimum Gasteiger partial charge on any atom is -0.356 e. The van der Waals surface area contributed by atoms with Gasteiger partial charge in [-0.25, -0.2) is 15.0 Å². The van der Waals surface area contributed by atoms with Crippen molar-refractivity contribution in [2.24, 2.45) is 5.92 Å². The summed E-state index contributed by atoms with van der Waals surface area (Å²) in [5.74, 6) is 2.05. The van der Waals surface area contributed by atoms with Gasteiger partial charge in [0.15, 0.2) is 5.82 Å². The Hall–Kier alpha value is -3.29. The predicted molar refractivity (Wildman–Crippen MR) is 122 cm³/mol. The summed E-state index contributed by atoms with van der Waals surface area (Å²) in [5, 5.41) is 7.26. The molecule has 1 aliphatic carbocycles. The third-order valence-electron chi connectivity index (χ3n) is 6.42. The number of fused-ring (bicyclic) bond motifs is 1. The summed E-state index contributed by atoms with van der Waals surface area (Å²) in [6, 6.07) is 10.2. The number of rotatable bonds is 6. The van der Waals surface area contributed by atoms with Gasteiger partial charge in [-0.05, 0) is 39.0 Å². The van der Waals surface area contributed by atoms with Crippen LogP contribution in [-0.4, -0.2) is 49.8 Å². The smallest absolute Gasteiger partial charge is 0.223 e. The second kappa shape index (κ2) is 9.06. The Kier molecular flexibility index (Phi) is 5.83. The van der Waals surface area contributed by atoms with Crippen LogP contribution in [0.15, 0.2) is 43.0 Å². The lowest BCUT2D eigenvalue weighted by Gasteiger charge is -2.34. The van der Waals surface area contributed by atoms with Crippen LogP contribution in [0.4, 0.5) is 5.82 Å². The third-order valence-corrected chi connectivity index (χ3v) is 6.42. The van der Waals surface area contributed by atoms with Gasteiger partial charge >= 0.3 is 0 Å². The molecule has 8 heteroatoms. The van der Waals surface area contributed by atoms with Crippen molar-refractivity contribution in [2.75, 3.05) is 18.0 Å². The molecule has 32 heavy (non-hydrogen) atoms. The maximum Gasteiger partial charge on any atom is 0.223 e. The summed E-state index contributed by atoms with van der Waals surface area (Å²) in [7, 11) is 0. The molecule has 3 aromatic rings. The lowest BCUT2D eigenvalue weighted by Crippen LogP contribution is -2.44. The number of carbonyl (C=O) groups is 1. The minimum atomic E-state index is 0.0146. The van der Waals surface area contributed by atoms with Gasteiger partial charge in [-0.3, -0.25) is 9.48 Å². The fraction of sp³-hybridized carbons (Fsp3) is 0.458. The summed E-state index contributed by atoms with van der Waals surface area (Å²) in [4.78, 5) is 29.0. The van der Waals surface area contributed by atoms with Crippen molar-refractivity contribution in [3.8, 4) is 11.4 Å². The monoisotopic (exact) mass is 431 g/mol. The number of aryl methyl sites for hydroxylation is 1. The number of aromatic nitrogens is 5. The first-order valence-electron chi connectivity index (χ1n) is 11.5. The lowest BCUT2D eigenvalue weighted by atomic mass is 9.95. The Labute approximate surface area is 188 Å². The summed E-state index contributed by atoms with van der Waals surface area (Å²) >= 11 is 0. The second-order valence-electron chi connectivity index (χ2n) is 8.80. The van der Waals surface area contributed by atoms with E-state index in [-0.39, 0.29) is 17.9 Å². The van der Waals surface area contributed by atoms with Gasteiger partial charge in [0.25, 0.3) is 0 Å². The topological polar surface area (TPSA) is 88.8 Å². The van der Waals surface area contributed by atoms with E-state index in [9.17, 15) is 4.79 Å². The van der Waals surface area contributed by atoms with Gasteiger partial charge in [-0.1, -0.05) is 30.3 Å². The first-order valence-corrected chi connectivity index (χ1v) is 11.5. The molecule has 2 aromatic heterocycles. The molecular weight excluding hydrogens is 402 g/mol. The molecule has 0 radical (unpaired) electrons. The summed E-state index contributed by atoms with van der Waals surface area (Å²) in [6.45, 7) is 4.31. The summed E-state index contributed by atoms with van der Waals surface area (Å²) in [6.07, 6.45) is 8.05. The fourth-order valence-electron chi connectivity index (χ4n) is 4.76. The number of anilines is 1. The number of nitrogens with zero attached hydrogens (tertiary/aromatic N) is 6. The van der Waals surface area contributed by atoms with E-state index >= 15 is 0 Å². The molecule has 1 fully saturated rings. The lowest BCUT2D eigenvalue weighted by molar-refractivity contribution is -0.126. The van der Waals surface area contributed by atoms with E-state index in [2.05, 4.69) is 32.4 Å². The maximum atomic E-state index is 12.8. The van der Waals surface area contributed by atoms with E-state index in [1.807, 2.05) is 25.1 Å². The maximum absolute atomic E-state index is 12.8. The number of benzene rings is 1. The highest BCUT2D eigenvalue weighted by molar-refractivity contribution is 5.79. The molecule has 1 saturated heterocycles. The molecule has 5 rings (SSSR count). The number of hydrogen-bond donors (Lipinski definition) is 1. The highest BCUT2D eigenvalue weighted by atomic mass is 16.2. The predicted octanol–water partition coefficient (Wildman–Crippen LogP) is 2.65. The minimum absolute atomic E-state index is 0.0146. The zero-order valence-corrected chi connectivity index (χ0v) is 18.4. The zero-order valence-electron chi connectivity index (χ0n) is 18.4. The molecule has 1 amide bonds. The van der Waals surface area contributed by atoms with Crippen LogP contribution in [0.2, 0.25) is 0 Å². The van der Waals surface area contributed by atoms with Gasteiger partial charge in [0, 0.05) is 41.9 Å². The number of carbonyl (C=O) groups excluding carboxylic acids is 1. The molecule has 0 spiro atoms. The Bertz CT molecular complexity index is 1060. The quantitative estimate of drug-likeness (QED) is 0.646. The van der Waals surface area contributed by atoms with Crippen LogP contribution in [0, 0.1) is 5.92 Å². The molecule has 166 valence electrons. The molecule has 3 heterocycles. The van der Waals surface area contributed by atoms with E-state index in [1.54, 1.807) is 11.0 Å². The van der Waals surface area contributed by atoms with Crippen LogP contribution in [0.5, 0.6) is 0 Å². The third kappa shape index (κ3) is 4.35. The van der Waals surface area contributed by atoms with Crippen LogP contribution < -0.4 is 10.2 Å². The first-order chi connectivity index (χ1) is 15.7. The van der Waals surface area contributed by atoms with Crippen molar-refractivity contribution in [1.82, 2.24) is 30.0 Å². The van der Waals surface area contributed by atoms with Gasteiger partial charge in [-0.2, -0.15) is 5.10 Å². The number of nitrogens with one attached hydrogen (secondary N) is 1. The van der Waals surface area contributed by atoms with E-state index < -0.39 is 0 Å². The summed E-state index contributed by atoms with van der Waals surface area (Å²) in [5.41, 5.74) is 3.55. The average Bonchev–Trinajstić information content (AvgIpc) is 3.51. The zero-order chi connectivity index (χ0) is 21.9. The van der Waals surface area contributed by atoms with Crippen LogP contribution >= 0.6 is 0 Å². The fourth-order valence-corrected chi connectivity index (χ4v) is 4.76. The highest BCUT2D eigenvalue weighted by Gasteiger charge is 2.29. The van der Waals surface area contributed by atoms with Crippen LogP contribution in [0.1, 0.15) is 37.4 Å². The molecule has 0 bridgehead atoms. The van der Waals surface area contributed by atoms with E-state index in [0.29, 0.717) is 6.54 Å². The van der Waals surface area contributed by atoms with Gasteiger partial charge in [0.2, 0.25) is 5.91 Å². The van der Waals surface area contributed by atoms with E-state index in [4.69, 9.17) is 9.97 Å². The van der Waals surface area contributed by atoms with Crippen molar-refractivity contribution in [3.63, 3.8) is 0 Å². The average molecular weight is 432 g/mol. The normalized spacial score (nSPS) is 17.2. The Morgan fingerprint density at radius 2 is 1.97 bits per heavy atom. The Morgan fingerprint density at radius 1 is 1.16 bits per heavy atom. The molecule has 1 aliphatic heterocycles. The van der Waals surface area contributed by atoms with Crippen LogP contribution in [0.25, 0.3) is 11.4 Å². The molecule has 1 atom stereocenters. The molecular formula is C24H29N7O. The van der Waals surface area contributed by atoms with E-state index in [0.717, 1.165) is 62.4 Å². The summed E-state index contributed by atoms with van der Waals surface area (Å²) < 4.78 is 1.74. The molecule has 1 aromatic carbocycles. The van der Waals surface area contributed by atoms with Crippen molar-refractivity contribution in [2.45, 2.75) is 51.6 Å². The second-order valence-corrected chi connectivity index (χ2v) is 8.80. The molecule has 0 saturated carbocycles. The highest BCUT2D eigenvalue weighted by Crippen LogP contribution is 2.33. The van der Waals surface area contributed by atoms with Gasteiger partial charge in [0.1, 0.15) is 18.5 Å². The van der Waals surface area contributed by atoms with Gasteiger partial charge in [-0.15, -0.1) is 0 Å². The number of hydrogen-bond acceptors (Lipinski definition) is 6. The standard InChI is InChI=1S/C24H29N7O/c1-17(14-31-16-25-15-26-31)27-24(32)19-10-12-30(13-11-19)23-20-8-5-9-21(20)28-22(29-23)18-6-3-2-4-7-18/h2-4,6-7,15-17,19H,5,8-14H2,1H3,(H,27,32). The van der Waals surface area contributed by atoms with Crippen molar-refractivity contribution in [3.05, 3.63) is 54.2 Å². The molecule has 2 aliphatic rings. The Balaban J connectivity index is 1.25. The van der Waals surface area contributed by atoms with Gasteiger partial charge in [0.05, 0.1) is 6.54 Å². The first kappa shape index (κ1) is 20.6. The number of amides is 1. The van der Waals surface area contributed by atoms with Crippen molar-refractivity contribution < 1.29 is 4.79 Å². The van der Waals surface area contributed by atoms with Crippen LogP contribution in [0.3, 0.4) is 0 Å². The largest absolute Gasteiger partial charge is 0.356 e. The molecule has 1 N–H and O–H groups in total. The van der Waals surface area contributed by atoms with Crippen LogP contribution in [-0.2, 0) is 24.2 Å². The Morgan fingerprint density at radius 3 is 2.72 bits per heavy atom. The van der Waals surface area contributed by atoms with Crippen molar-refractivity contribution in [1.29, 1.82) is 0 Å². The SMILES string of the molecule is CC(Cn1cncn1)NC(=O)C1CCN(c2nc(-c3ccccc3)nc3c2CCC3)CC1. The van der Waals surface area contributed by atoms with Crippen molar-refractivity contribution >= 4 is 11.7 Å². The molecule has 1 unspecified atom stereocenters. The van der Waals surface area contributed by atoms with E-state index in [1.165, 1.54) is 17.6 Å². The van der Waals surface area contributed by atoms with Gasteiger partial charge < -0.3 is 10.2 Å². The number of piperidine rings is 1.